The summed E-state index contributed by atoms with van der Waals surface area (Å²) in [6.07, 6.45) is 0. The Bertz CT molecular complexity index is 748. The Morgan fingerprint density at radius 3 is 2.48 bits per heavy atom. The van der Waals surface area contributed by atoms with Gasteiger partial charge >= 0.3 is 0 Å². The van der Waals surface area contributed by atoms with E-state index in [0.29, 0.717) is 0 Å². The third-order valence-corrected chi connectivity index (χ3v) is 3.71. The van der Waals surface area contributed by atoms with Crippen LogP contribution in [0.4, 0.5) is 0 Å². The predicted molar refractivity (Wildman–Crippen MR) is 86.8 cm³/mol. The zero-order valence-electron chi connectivity index (χ0n) is 12.9. The molecule has 2 aromatic carbocycles. The first-order valence-electron chi connectivity index (χ1n) is 7.12. The minimum atomic E-state index is 0.0903. The number of hydrogen-bond donors (Lipinski definition) is 1. The summed E-state index contributed by atoms with van der Waals surface area (Å²) in [5.41, 5.74) is 4.36. The Balaban J connectivity index is 2.19. The van der Waals surface area contributed by atoms with Crippen molar-refractivity contribution < 1.29 is 4.74 Å². The fraction of sp³-hybridized carbons (Fsp3) is 0.278. The lowest BCUT2D eigenvalue weighted by molar-refractivity contribution is 0.415. The Kier molecular flexibility index (Phi) is 3.20. The number of methoxy groups -OCH3 is 1. The molecule has 3 nitrogen and oxygen atoms in total. The van der Waals surface area contributed by atoms with Crippen LogP contribution in [-0.2, 0) is 5.41 Å². The van der Waals surface area contributed by atoms with Gasteiger partial charge in [-0.2, -0.15) is 0 Å². The number of fused-ring (bicyclic) bond motifs is 1. The van der Waals surface area contributed by atoms with E-state index in [-0.39, 0.29) is 5.41 Å². The summed E-state index contributed by atoms with van der Waals surface area (Å²) in [7, 11) is 1.69. The van der Waals surface area contributed by atoms with Crippen molar-refractivity contribution in [1.29, 1.82) is 0 Å². The normalized spacial score (nSPS) is 11.8. The summed E-state index contributed by atoms with van der Waals surface area (Å²) in [4.78, 5) is 8.05. The number of ether oxygens (including phenoxy) is 1. The van der Waals surface area contributed by atoms with Crippen LogP contribution in [0.5, 0.6) is 5.75 Å². The van der Waals surface area contributed by atoms with Gasteiger partial charge in [-0.05, 0) is 35.2 Å². The molecule has 0 unspecified atom stereocenters. The maximum atomic E-state index is 5.50. The van der Waals surface area contributed by atoms with E-state index >= 15 is 0 Å². The van der Waals surface area contributed by atoms with Crippen LogP contribution in [0.15, 0.2) is 42.5 Å². The molecular formula is C18H20N2O. The molecule has 0 atom stereocenters. The molecule has 0 aliphatic carbocycles. The minimum Gasteiger partial charge on any atom is -0.496 e. The monoisotopic (exact) mass is 280 g/mol. The molecule has 1 aromatic heterocycles. The molecule has 1 N–H and O–H groups in total. The molecule has 1 heterocycles. The summed E-state index contributed by atoms with van der Waals surface area (Å²) in [5, 5.41) is 0. The molecule has 0 bridgehead atoms. The molecule has 0 radical (unpaired) electrons. The average molecular weight is 280 g/mol. The highest BCUT2D eigenvalue weighted by molar-refractivity contribution is 5.80. The Morgan fingerprint density at radius 2 is 1.81 bits per heavy atom. The van der Waals surface area contributed by atoms with E-state index in [4.69, 9.17) is 4.74 Å². The molecule has 3 rings (SSSR count). The van der Waals surface area contributed by atoms with E-state index in [9.17, 15) is 0 Å². The SMILES string of the molecule is COc1ccc(C(C)(C)C)cc1-c1nc2ccccc2[nH]1. The van der Waals surface area contributed by atoms with Crippen LogP contribution in [0.25, 0.3) is 22.4 Å². The zero-order chi connectivity index (χ0) is 15.0. The van der Waals surface area contributed by atoms with Gasteiger partial charge in [0, 0.05) is 0 Å². The molecule has 0 amide bonds. The van der Waals surface area contributed by atoms with E-state index in [1.165, 1.54) is 5.56 Å². The van der Waals surface area contributed by atoms with Crippen LogP contribution in [0.2, 0.25) is 0 Å². The van der Waals surface area contributed by atoms with E-state index in [1.807, 2.05) is 30.3 Å². The van der Waals surface area contributed by atoms with Crippen molar-refractivity contribution in [1.82, 2.24) is 9.97 Å². The molecule has 108 valence electrons. The first-order chi connectivity index (χ1) is 9.99. The minimum absolute atomic E-state index is 0.0903. The summed E-state index contributed by atoms with van der Waals surface area (Å²) in [6.45, 7) is 6.62. The quantitative estimate of drug-likeness (QED) is 0.748. The van der Waals surface area contributed by atoms with Gasteiger partial charge in [-0.1, -0.05) is 39.0 Å². The molecule has 0 saturated carbocycles. The number of para-hydroxylation sites is 2. The third kappa shape index (κ3) is 2.51. The van der Waals surface area contributed by atoms with Crippen molar-refractivity contribution in [3.8, 4) is 17.1 Å². The van der Waals surface area contributed by atoms with Crippen molar-refractivity contribution in [2.75, 3.05) is 7.11 Å². The van der Waals surface area contributed by atoms with Crippen molar-refractivity contribution in [3.63, 3.8) is 0 Å². The topological polar surface area (TPSA) is 37.9 Å². The summed E-state index contributed by atoms with van der Waals surface area (Å²) < 4.78 is 5.50. The molecule has 0 aliphatic rings. The van der Waals surface area contributed by atoms with Gasteiger partial charge in [-0.15, -0.1) is 0 Å². The fourth-order valence-electron chi connectivity index (χ4n) is 2.44. The number of hydrogen-bond acceptors (Lipinski definition) is 2. The van der Waals surface area contributed by atoms with Gasteiger partial charge in [-0.3, -0.25) is 0 Å². The molecule has 3 heteroatoms. The van der Waals surface area contributed by atoms with Crippen LogP contribution in [0.3, 0.4) is 0 Å². The number of H-pyrrole nitrogens is 1. The molecule has 3 aromatic rings. The number of nitrogens with one attached hydrogen (secondary N) is 1. The summed E-state index contributed by atoms with van der Waals surface area (Å²) >= 11 is 0. The van der Waals surface area contributed by atoms with E-state index in [1.54, 1.807) is 7.11 Å². The van der Waals surface area contributed by atoms with Crippen LogP contribution >= 0.6 is 0 Å². The van der Waals surface area contributed by atoms with Crippen LogP contribution in [0, 0.1) is 0 Å². The van der Waals surface area contributed by atoms with Crippen molar-refractivity contribution >= 4 is 11.0 Å². The second kappa shape index (κ2) is 4.92. The maximum absolute atomic E-state index is 5.50. The van der Waals surface area contributed by atoms with Crippen LogP contribution < -0.4 is 4.74 Å². The van der Waals surface area contributed by atoms with Gasteiger partial charge in [-0.25, -0.2) is 4.98 Å². The Hall–Kier alpha value is -2.29. The third-order valence-electron chi connectivity index (χ3n) is 3.71. The van der Waals surface area contributed by atoms with Crippen molar-refractivity contribution in [2.24, 2.45) is 0 Å². The van der Waals surface area contributed by atoms with E-state index < -0.39 is 0 Å². The highest BCUT2D eigenvalue weighted by Crippen LogP contribution is 2.34. The molecule has 21 heavy (non-hydrogen) atoms. The lowest BCUT2D eigenvalue weighted by atomic mass is 9.86. The first-order valence-corrected chi connectivity index (χ1v) is 7.12. The predicted octanol–water partition coefficient (Wildman–Crippen LogP) is 4.54. The summed E-state index contributed by atoms with van der Waals surface area (Å²) in [5.74, 6) is 1.68. The average Bonchev–Trinajstić information content (AvgIpc) is 2.89. The van der Waals surface area contributed by atoms with Gasteiger partial charge in [0.25, 0.3) is 0 Å². The maximum Gasteiger partial charge on any atom is 0.142 e. The number of rotatable bonds is 2. The number of imidazole rings is 1. The highest BCUT2D eigenvalue weighted by atomic mass is 16.5. The Labute approximate surface area is 125 Å². The molecule has 0 aliphatic heterocycles. The fourth-order valence-corrected chi connectivity index (χ4v) is 2.44. The second-order valence-corrected chi connectivity index (χ2v) is 6.27. The smallest absolute Gasteiger partial charge is 0.142 e. The van der Waals surface area contributed by atoms with Crippen molar-refractivity contribution in [3.05, 3.63) is 48.0 Å². The van der Waals surface area contributed by atoms with Gasteiger partial charge in [0.15, 0.2) is 0 Å². The highest BCUT2D eigenvalue weighted by Gasteiger charge is 2.18. The lowest BCUT2D eigenvalue weighted by Crippen LogP contribution is -2.11. The standard InChI is InChI=1S/C18H20N2O/c1-18(2,3)12-9-10-16(21-4)13(11-12)17-19-14-7-5-6-8-15(14)20-17/h5-11H,1-4H3,(H,19,20). The zero-order valence-corrected chi connectivity index (χ0v) is 12.9. The number of aromatic nitrogens is 2. The number of nitrogens with zero attached hydrogens (tertiary/aromatic N) is 1. The number of benzene rings is 2. The van der Waals surface area contributed by atoms with Crippen LogP contribution in [-0.4, -0.2) is 17.1 Å². The molecule has 0 spiro atoms. The van der Waals surface area contributed by atoms with Gasteiger partial charge < -0.3 is 9.72 Å². The molecule has 0 fully saturated rings. The van der Waals surface area contributed by atoms with E-state index in [0.717, 1.165) is 28.2 Å². The first kappa shape index (κ1) is 13.7. The summed E-state index contributed by atoms with van der Waals surface area (Å²) in [6, 6.07) is 14.3. The largest absolute Gasteiger partial charge is 0.496 e. The van der Waals surface area contributed by atoms with E-state index in [2.05, 4.69) is 42.9 Å². The second-order valence-electron chi connectivity index (χ2n) is 6.27. The van der Waals surface area contributed by atoms with Gasteiger partial charge in [0.05, 0.1) is 23.7 Å². The molecule has 0 saturated heterocycles. The molecular weight excluding hydrogens is 260 g/mol. The van der Waals surface area contributed by atoms with Gasteiger partial charge in [0.2, 0.25) is 0 Å². The van der Waals surface area contributed by atoms with Crippen LogP contribution in [0.1, 0.15) is 26.3 Å². The Morgan fingerprint density at radius 1 is 1.05 bits per heavy atom. The van der Waals surface area contributed by atoms with Crippen molar-refractivity contribution in [2.45, 2.75) is 26.2 Å². The number of aromatic amines is 1. The van der Waals surface area contributed by atoms with Gasteiger partial charge in [0.1, 0.15) is 11.6 Å². The lowest BCUT2D eigenvalue weighted by Gasteiger charge is -2.20.